The molecule has 1 aromatic carbocycles. The zero-order valence-electron chi connectivity index (χ0n) is 16.3. The zero-order chi connectivity index (χ0) is 19.9. The lowest BCUT2D eigenvalue weighted by Gasteiger charge is -2.21. The van der Waals surface area contributed by atoms with Crippen molar-refractivity contribution in [1.82, 2.24) is 19.9 Å². The van der Waals surface area contributed by atoms with E-state index in [9.17, 15) is 9.90 Å². The second kappa shape index (κ2) is 6.94. The van der Waals surface area contributed by atoms with Crippen LogP contribution in [0.1, 0.15) is 37.6 Å². The van der Waals surface area contributed by atoms with Crippen LogP contribution in [0.15, 0.2) is 35.1 Å². The van der Waals surface area contributed by atoms with Crippen LogP contribution < -0.4 is 4.74 Å². The third-order valence-electron chi connectivity index (χ3n) is 5.32. The van der Waals surface area contributed by atoms with Crippen LogP contribution in [-0.2, 0) is 16.8 Å². The Morgan fingerprint density at radius 1 is 1.43 bits per heavy atom. The maximum atomic E-state index is 12.8. The van der Waals surface area contributed by atoms with Crippen LogP contribution in [0.5, 0.6) is 5.75 Å². The van der Waals surface area contributed by atoms with Crippen molar-refractivity contribution in [3.05, 3.63) is 41.9 Å². The minimum atomic E-state index is -1.16. The third kappa shape index (κ3) is 3.24. The van der Waals surface area contributed by atoms with Gasteiger partial charge in [0.05, 0.1) is 32.5 Å². The molecule has 4 rings (SSSR count). The lowest BCUT2D eigenvalue weighted by molar-refractivity contribution is -0.130. The van der Waals surface area contributed by atoms with Crippen LogP contribution in [-0.4, -0.2) is 51.1 Å². The second-order valence-electron chi connectivity index (χ2n) is 7.57. The predicted molar refractivity (Wildman–Crippen MR) is 102 cm³/mol. The number of carbonyl (C=O) groups excluding carboxylic acids is 1. The van der Waals surface area contributed by atoms with E-state index in [-0.39, 0.29) is 24.9 Å². The quantitative estimate of drug-likeness (QED) is 0.725. The molecule has 148 valence electrons. The van der Waals surface area contributed by atoms with Crippen molar-refractivity contribution in [1.29, 1.82) is 0 Å². The Bertz CT molecular complexity index is 1010. The average Bonchev–Trinajstić information content (AvgIpc) is 3.40. The maximum absolute atomic E-state index is 12.8. The smallest absolute Gasteiger partial charge is 0.227 e. The Balaban J connectivity index is 1.47. The van der Waals surface area contributed by atoms with Crippen molar-refractivity contribution < 1.29 is 19.1 Å². The molecule has 2 aromatic heterocycles. The number of benzene rings is 1. The molecule has 0 spiro atoms. The summed E-state index contributed by atoms with van der Waals surface area (Å²) in [6, 6.07) is 5.70. The van der Waals surface area contributed by atoms with Gasteiger partial charge in [-0.15, -0.1) is 5.10 Å². The fourth-order valence-electron chi connectivity index (χ4n) is 3.56. The standard InChI is InChI=1S/C20H24N4O4/c1-13(2)24-10-18(21-22-24)20(26)6-7-23(12-20)19(25)8-14-11-28-17-9-15(27-3)4-5-16(14)17/h4-5,9-11,13,26H,6-8,12H2,1-3H3. The molecule has 0 saturated carbocycles. The molecule has 1 fully saturated rings. The Morgan fingerprint density at radius 3 is 2.96 bits per heavy atom. The number of rotatable bonds is 5. The number of aromatic nitrogens is 3. The van der Waals surface area contributed by atoms with Crippen molar-refractivity contribution in [3.8, 4) is 5.75 Å². The highest BCUT2D eigenvalue weighted by Gasteiger charge is 2.42. The number of carbonyl (C=O) groups is 1. The van der Waals surface area contributed by atoms with E-state index in [1.165, 1.54) is 0 Å². The number of hydrogen-bond donors (Lipinski definition) is 1. The van der Waals surface area contributed by atoms with Gasteiger partial charge in [-0.25, -0.2) is 4.68 Å². The molecule has 8 heteroatoms. The summed E-state index contributed by atoms with van der Waals surface area (Å²) in [5.74, 6) is 0.657. The summed E-state index contributed by atoms with van der Waals surface area (Å²) in [7, 11) is 1.60. The Hall–Kier alpha value is -2.87. The minimum Gasteiger partial charge on any atom is -0.497 e. The molecule has 1 aliphatic heterocycles. The molecule has 0 aliphatic carbocycles. The number of furan rings is 1. The van der Waals surface area contributed by atoms with Gasteiger partial charge >= 0.3 is 0 Å². The van der Waals surface area contributed by atoms with E-state index in [0.29, 0.717) is 30.0 Å². The number of nitrogens with zero attached hydrogens (tertiary/aromatic N) is 4. The molecule has 1 amide bonds. The monoisotopic (exact) mass is 384 g/mol. The Morgan fingerprint density at radius 2 is 2.25 bits per heavy atom. The van der Waals surface area contributed by atoms with E-state index in [1.807, 2.05) is 26.0 Å². The van der Waals surface area contributed by atoms with Gasteiger partial charge in [-0.05, 0) is 26.0 Å². The largest absolute Gasteiger partial charge is 0.497 e. The number of aliphatic hydroxyl groups is 1. The fraction of sp³-hybridized carbons (Fsp3) is 0.450. The Labute approximate surface area is 162 Å². The lowest BCUT2D eigenvalue weighted by Crippen LogP contribution is -2.35. The van der Waals surface area contributed by atoms with Gasteiger partial charge in [0.2, 0.25) is 5.91 Å². The molecule has 28 heavy (non-hydrogen) atoms. The predicted octanol–water partition coefficient (Wildman–Crippen LogP) is 2.28. The number of amides is 1. The summed E-state index contributed by atoms with van der Waals surface area (Å²) in [4.78, 5) is 14.5. The molecular weight excluding hydrogens is 360 g/mol. The van der Waals surface area contributed by atoms with Crippen molar-refractivity contribution in [3.63, 3.8) is 0 Å². The summed E-state index contributed by atoms with van der Waals surface area (Å²) >= 11 is 0. The van der Waals surface area contributed by atoms with E-state index in [1.54, 1.807) is 35.2 Å². The topological polar surface area (TPSA) is 93.6 Å². The number of likely N-dealkylation sites (tertiary alicyclic amines) is 1. The number of fused-ring (bicyclic) bond motifs is 1. The average molecular weight is 384 g/mol. The first-order chi connectivity index (χ1) is 13.4. The highest BCUT2D eigenvalue weighted by molar-refractivity contribution is 5.88. The van der Waals surface area contributed by atoms with Gasteiger partial charge in [-0.3, -0.25) is 4.79 Å². The molecule has 1 aliphatic rings. The van der Waals surface area contributed by atoms with Gasteiger partial charge in [-0.1, -0.05) is 5.21 Å². The van der Waals surface area contributed by atoms with E-state index in [0.717, 1.165) is 10.9 Å². The molecule has 1 N–H and O–H groups in total. The Kier molecular flexibility index (Phi) is 4.58. The number of ether oxygens (including phenoxy) is 1. The summed E-state index contributed by atoms with van der Waals surface area (Å²) in [5.41, 5.74) is 0.862. The van der Waals surface area contributed by atoms with Gasteiger partial charge in [-0.2, -0.15) is 0 Å². The second-order valence-corrected chi connectivity index (χ2v) is 7.57. The van der Waals surface area contributed by atoms with Crippen LogP contribution in [0.25, 0.3) is 11.0 Å². The van der Waals surface area contributed by atoms with Crippen LogP contribution >= 0.6 is 0 Å². The first kappa shape index (κ1) is 18.5. The highest BCUT2D eigenvalue weighted by Crippen LogP contribution is 2.32. The molecule has 1 unspecified atom stereocenters. The van der Waals surface area contributed by atoms with E-state index >= 15 is 0 Å². The molecular formula is C20H24N4O4. The van der Waals surface area contributed by atoms with Crippen molar-refractivity contribution in [2.75, 3.05) is 20.2 Å². The van der Waals surface area contributed by atoms with E-state index in [4.69, 9.17) is 9.15 Å². The van der Waals surface area contributed by atoms with Crippen molar-refractivity contribution in [2.24, 2.45) is 0 Å². The normalized spacial score (nSPS) is 19.7. The SMILES string of the molecule is COc1ccc2c(CC(=O)N3CCC(O)(c4cn(C(C)C)nn4)C3)coc2c1. The summed E-state index contributed by atoms with van der Waals surface area (Å²) in [5, 5.41) is 20.1. The summed E-state index contributed by atoms with van der Waals surface area (Å²) in [6.07, 6.45) is 4.03. The molecule has 3 aromatic rings. The van der Waals surface area contributed by atoms with Gasteiger partial charge < -0.3 is 19.2 Å². The highest BCUT2D eigenvalue weighted by atomic mass is 16.5. The fourth-order valence-corrected chi connectivity index (χ4v) is 3.56. The van der Waals surface area contributed by atoms with Gasteiger partial charge in [0.25, 0.3) is 0 Å². The lowest BCUT2D eigenvalue weighted by atomic mass is 10.00. The van der Waals surface area contributed by atoms with E-state index in [2.05, 4.69) is 10.3 Å². The third-order valence-corrected chi connectivity index (χ3v) is 5.32. The number of methoxy groups -OCH3 is 1. The first-order valence-electron chi connectivity index (χ1n) is 9.36. The number of hydrogen-bond acceptors (Lipinski definition) is 6. The maximum Gasteiger partial charge on any atom is 0.227 e. The van der Waals surface area contributed by atoms with Gasteiger partial charge in [0, 0.05) is 36.0 Å². The molecule has 0 radical (unpaired) electrons. The van der Waals surface area contributed by atoms with Crippen molar-refractivity contribution in [2.45, 2.75) is 38.3 Å². The zero-order valence-corrected chi connectivity index (χ0v) is 16.3. The van der Waals surface area contributed by atoms with E-state index < -0.39 is 5.60 Å². The molecule has 3 heterocycles. The van der Waals surface area contributed by atoms with Crippen LogP contribution in [0.4, 0.5) is 0 Å². The van der Waals surface area contributed by atoms with Gasteiger partial charge in [0.1, 0.15) is 22.6 Å². The minimum absolute atomic E-state index is 0.0503. The molecule has 0 bridgehead atoms. The van der Waals surface area contributed by atoms with Crippen molar-refractivity contribution >= 4 is 16.9 Å². The molecule has 1 saturated heterocycles. The summed E-state index contributed by atoms with van der Waals surface area (Å²) < 4.78 is 12.5. The van der Waals surface area contributed by atoms with Crippen LogP contribution in [0.2, 0.25) is 0 Å². The van der Waals surface area contributed by atoms with Crippen LogP contribution in [0.3, 0.4) is 0 Å². The van der Waals surface area contributed by atoms with Crippen LogP contribution in [0, 0.1) is 0 Å². The molecule has 8 nitrogen and oxygen atoms in total. The first-order valence-corrected chi connectivity index (χ1v) is 9.36. The summed E-state index contributed by atoms with van der Waals surface area (Å²) in [6.45, 7) is 4.69. The number of β-amino-alcohol motifs (C(OH)–C–C–N with tert-alkyl or cyclic N) is 1. The van der Waals surface area contributed by atoms with Gasteiger partial charge in [0.15, 0.2) is 0 Å². The molecule has 1 atom stereocenters.